The SMILES string of the molecule is Cc1cccc(C(=O)Oc2c(Br)cc(Br)cc2/C=N/NC(=O)COc2ccc(C(C)(C)CC(C)(C)C)cc2)c1. The molecule has 1 N–H and O–H groups in total. The van der Waals surface area contributed by atoms with E-state index >= 15 is 0 Å². The van der Waals surface area contributed by atoms with Crippen LogP contribution in [-0.4, -0.2) is 24.7 Å². The molecule has 39 heavy (non-hydrogen) atoms. The van der Waals surface area contributed by atoms with Gasteiger partial charge in [-0.05, 0) is 82.1 Å². The van der Waals surface area contributed by atoms with Crippen LogP contribution in [0.2, 0.25) is 0 Å². The monoisotopic (exact) mass is 656 g/mol. The molecule has 206 valence electrons. The number of nitrogens with one attached hydrogen (secondary N) is 1. The molecule has 0 heterocycles. The third kappa shape index (κ3) is 9.32. The van der Waals surface area contributed by atoms with Crippen molar-refractivity contribution in [3.8, 4) is 11.5 Å². The van der Waals surface area contributed by atoms with E-state index in [1.165, 1.54) is 11.8 Å². The third-order valence-corrected chi connectivity index (χ3v) is 6.90. The Kier molecular flexibility index (Phi) is 10.1. The second-order valence-corrected chi connectivity index (χ2v) is 13.1. The van der Waals surface area contributed by atoms with Gasteiger partial charge in [-0.1, -0.05) is 80.4 Å². The molecule has 3 aromatic rings. The number of rotatable bonds is 9. The molecule has 0 aliphatic heterocycles. The molecule has 0 bridgehead atoms. The molecular formula is C31H34Br2N2O4. The first kappa shape index (κ1) is 30.6. The van der Waals surface area contributed by atoms with E-state index < -0.39 is 11.9 Å². The van der Waals surface area contributed by atoms with Crippen LogP contribution in [0.15, 0.2) is 74.7 Å². The number of benzene rings is 3. The molecule has 0 saturated heterocycles. The van der Waals surface area contributed by atoms with Crippen LogP contribution in [0.3, 0.4) is 0 Å². The largest absolute Gasteiger partial charge is 0.484 e. The van der Waals surface area contributed by atoms with E-state index in [2.05, 4.69) is 77.0 Å². The molecule has 0 radical (unpaired) electrons. The summed E-state index contributed by atoms with van der Waals surface area (Å²) in [6, 6.07) is 18.5. The standard InChI is InChI=1S/C31H34Br2N2O4/c1-20-8-7-9-21(14-20)29(37)39-28-22(15-24(32)16-26(28)33)17-34-35-27(36)18-38-25-12-10-23(11-13-25)31(5,6)19-30(2,3)4/h7-17H,18-19H2,1-6H3,(H,35,36)/b34-17+. The molecule has 0 aliphatic carbocycles. The van der Waals surface area contributed by atoms with Gasteiger partial charge in [-0.15, -0.1) is 0 Å². The zero-order chi connectivity index (χ0) is 28.8. The van der Waals surface area contributed by atoms with Crippen LogP contribution in [0.4, 0.5) is 0 Å². The number of hydrogen-bond acceptors (Lipinski definition) is 5. The minimum atomic E-state index is -0.498. The zero-order valence-corrected chi connectivity index (χ0v) is 26.3. The lowest BCUT2D eigenvalue weighted by Crippen LogP contribution is -2.25. The highest BCUT2D eigenvalue weighted by Crippen LogP contribution is 2.37. The molecule has 8 heteroatoms. The van der Waals surface area contributed by atoms with Crippen molar-refractivity contribution in [3.63, 3.8) is 0 Å². The minimum Gasteiger partial charge on any atom is -0.484 e. The highest BCUT2D eigenvalue weighted by molar-refractivity contribution is 9.11. The molecule has 3 aromatic carbocycles. The van der Waals surface area contributed by atoms with Crippen molar-refractivity contribution >= 4 is 50.0 Å². The van der Waals surface area contributed by atoms with E-state index in [1.54, 1.807) is 30.3 Å². The summed E-state index contributed by atoms with van der Waals surface area (Å²) < 4.78 is 12.6. The van der Waals surface area contributed by atoms with Crippen LogP contribution < -0.4 is 14.9 Å². The first-order valence-corrected chi connectivity index (χ1v) is 14.2. The maximum atomic E-state index is 12.7. The molecule has 0 fully saturated rings. The average Bonchev–Trinajstić information content (AvgIpc) is 2.83. The molecule has 0 spiro atoms. The molecule has 0 saturated carbocycles. The fourth-order valence-electron chi connectivity index (χ4n) is 4.49. The summed E-state index contributed by atoms with van der Waals surface area (Å²) in [4.78, 5) is 25.1. The molecule has 3 rings (SSSR count). The number of hydrazone groups is 1. The Morgan fingerprint density at radius 2 is 1.67 bits per heavy atom. The van der Waals surface area contributed by atoms with Gasteiger partial charge in [0.2, 0.25) is 0 Å². The predicted octanol–water partition coefficient (Wildman–Crippen LogP) is 7.98. The van der Waals surface area contributed by atoms with Crippen molar-refractivity contribution < 1.29 is 19.1 Å². The number of amides is 1. The molecule has 0 unspecified atom stereocenters. The van der Waals surface area contributed by atoms with Crippen LogP contribution in [0.1, 0.15) is 68.1 Å². The van der Waals surface area contributed by atoms with Gasteiger partial charge in [0.25, 0.3) is 5.91 Å². The van der Waals surface area contributed by atoms with E-state index in [1.807, 2.05) is 37.3 Å². The number of halogens is 2. The van der Waals surface area contributed by atoms with Gasteiger partial charge in [0.05, 0.1) is 16.3 Å². The van der Waals surface area contributed by atoms with Gasteiger partial charge >= 0.3 is 5.97 Å². The van der Waals surface area contributed by atoms with Gasteiger partial charge in [0.1, 0.15) is 5.75 Å². The number of esters is 1. The van der Waals surface area contributed by atoms with Gasteiger partial charge in [-0.3, -0.25) is 4.79 Å². The Hall–Kier alpha value is -2.97. The Morgan fingerprint density at radius 1 is 0.974 bits per heavy atom. The summed E-state index contributed by atoms with van der Waals surface area (Å²) in [6.45, 7) is 12.9. The van der Waals surface area contributed by atoms with Crippen molar-refractivity contribution in [2.24, 2.45) is 10.5 Å². The number of ether oxygens (including phenoxy) is 2. The topological polar surface area (TPSA) is 77.0 Å². The summed E-state index contributed by atoms with van der Waals surface area (Å²) in [5, 5.41) is 4.03. The van der Waals surface area contributed by atoms with E-state index in [-0.39, 0.29) is 23.2 Å². The van der Waals surface area contributed by atoms with E-state index in [0.717, 1.165) is 16.5 Å². The highest BCUT2D eigenvalue weighted by atomic mass is 79.9. The zero-order valence-electron chi connectivity index (χ0n) is 23.1. The fourth-order valence-corrected chi connectivity index (χ4v) is 5.83. The highest BCUT2D eigenvalue weighted by Gasteiger charge is 2.27. The summed E-state index contributed by atoms with van der Waals surface area (Å²) in [5.41, 5.74) is 5.79. The van der Waals surface area contributed by atoms with Crippen molar-refractivity contribution in [1.82, 2.24) is 5.43 Å². The minimum absolute atomic E-state index is 0.0253. The van der Waals surface area contributed by atoms with Crippen LogP contribution in [0, 0.1) is 12.3 Å². The van der Waals surface area contributed by atoms with Crippen LogP contribution in [0.5, 0.6) is 11.5 Å². The van der Waals surface area contributed by atoms with E-state index in [0.29, 0.717) is 21.3 Å². The predicted molar refractivity (Wildman–Crippen MR) is 163 cm³/mol. The van der Waals surface area contributed by atoms with Crippen molar-refractivity contribution in [3.05, 3.63) is 91.9 Å². The summed E-state index contributed by atoms with van der Waals surface area (Å²) in [6.07, 6.45) is 2.46. The Labute approximate surface area is 247 Å². The maximum Gasteiger partial charge on any atom is 0.343 e. The van der Waals surface area contributed by atoms with Crippen molar-refractivity contribution in [1.29, 1.82) is 0 Å². The van der Waals surface area contributed by atoms with Crippen LogP contribution >= 0.6 is 31.9 Å². The second-order valence-electron chi connectivity index (χ2n) is 11.3. The van der Waals surface area contributed by atoms with E-state index in [9.17, 15) is 9.59 Å². The lowest BCUT2D eigenvalue weighted by atomic mass is 9.72. The molecule has 0 aromatic heterocycles. The average molecular weight is 658 g/mol. The van der Waals surface area contributed by atoms with Crippen LogP contribution in [-0.2, 0) is 10.2 Å². The molecule has 0 atom stereocenters. The molecule has 0 aliphatic rings. The first-order chi connectivity index (χ1) is 18.2. The fraction of sp³-hybridized carbons (Fsp3) is 0.323. The summed E-state index contributed by atoms with van der Waals surface area (Å²) >= 11 is 6.87. The summed E-state index contributed by atoms with van der Waals surface area (Å²) in [7, 11) is 0. The molecule has 6 nitrogen and oxygen atoms in total. The second kappa shape index (κ2) is 12.9. The Bertz CT molecular complexity index is 1360. The summed E-state index contributed by atoms with van der Waals surface area (Å²) in [5.74, 6) is -0.0310. The van der Waals surface area contributed by atoms with Gasteiger partial charge in [-0.2, -0.15) is 5.10 Å². The number of carbonyl (C=O) groups excluding carboxylic acids is 2. The molecule has 1 amide bonds. The molecular weight excluding hydrogens is 624 g/mol. The number of carbonyl (C=O) groups is 2. The Balaban J connectivity index is 1.61. The van der Waals surface area contributed by atoms with Crippen molar-refractivity contribution in [2.75, 3.05) is 6.61 Å². The first-order valence-electron chi connectivity index (χ1n) is 12.6. The smallest absolute Gasteiger partial charge is 0.343 e. The van der Waals surface area contributed by atoms with Gasteiger partial charge in [0.15, 0.2) is 12.4 Å². The van der Waals surface area contributed by atoms with Gasteiger partial charge in [0, 0.05) is 10.0 Å². The lowest BCUT2D eigenvalue weighted by Gasteiger charge is -2.33. The van der Waals surface area contributed by atoms with Gasteiger partial charge < -0.3 is 9.47 Å². The normalized spacial score (nSPS) is 11.9. The van der Waals surface area contributed by atoms with Gasteiger partial charge in [-0.25, -0.2) is 10.2 Å². The number of nitrogens with zero attached hydrogens (tertiary/aromatic N) is 1. The Morgan fingerprint density at radius 3 is 2.31 bits per heavy atom. The quantitative estimate of drug-likeness (QED) is 0.110. The number of aryl methyl sites for hydroxylation is 1. The maximum absolute atomic E-state index is 12.7. The van der Waals surface area contributed by atoms with Crippen LogP contribution in [0.25, 0.3) is 0 Å². The van der Waals surface area contributed by atoms with Crippen molar-refractivity contribution in [2.45, 2.75) is 53.4 Å². The van der Waals surface area contributed by atoms with E-state index in [4.69, 9.17) is 9.47 Å². The number of hydrogen-bond donors (Lipinski definition) is 1. The lowest BCUT2D eigenvalue weighted by molar-refractivity contribution is -0.123. The third-order valence-electron chi connectivity index (χ3n) is 5.86.